The highest BCUT2D eigenvalue weighted by atomic mass is 19.1. The summed E-state index contributed by atoms with van der Waals surface area (Å²) < 4.78 is 17.9. The minimum Gasteiger partial charge on any atom is -0.455 e. The van der Waals surface area contributed by atoms with Gasteiger partial charge in [-0.15, -0.1) is 0 Å². The number of amides is 2. The summed E-state index contributed by atoms with van der Waals surface area (Å²) in [5, 5.41) is 5.40. The third kappa shape index (κ3) is 6.78. The number of hydrogen-bond acceptors (Lipinski definition) is 4. The molecule has 0 saturated heterocycles. The monoisotopic (exact) mass is 420 g/mol. The van der Waals surface area contributed by atoms with Gasteiger partial charge in [0.05, 0.1) is 17.7 Å². The molecular formula is C24H21FN2O4. The summed E-state index contributed by atoms with van der Waals surface area (Å²) in [5.74, 6) is -1.93. The van der Waals surface area contributed by atoms with Gasteiger partial charge in [-0.05, 0) is 35.4 Å². The molecule has 0 atom stereocenters. The number of carbonyl (C=O) groups excluding carboxylic acids is 3. The molecule has 0 aliphatic heterocycles. The zero-order valence-corrected chi connectivity index (χ0v) is 16.6. The Kier molecular flexibility index (Phi) is 7.48. The Bertz CT molecular complexity index is 1050. The zero-order chi connectivity index (χ0) is 22.1. The van der Waals surface area contributed by atoms with Crippen LogP contribution in [0.1, 0.15) is 21.5 Å². The Labute approximate surface area is 179 Å². The van der Waals surface area contributed by atoms with Crippen LogP contribution in [0.15, 0.2) is 78.9 Å². The normalized spacial score (nSPS) is 10.2. The van der Waals surface area contributed by atoms with E-state index in [2.05, 4.69) is 10.6 Å². The Morgan fingerprint density at radius 3 is 2.23 bits per heavy atom. The van der Waals surface area contributed by atoms with Crippen molar-refractivity contribution in [3.05, 3.63) is 101 Å². The second-order valence-corrected chi connectivity index (χ2v) is 6.73. The van der Waals surface area contributed by atoms with E-state index in [9.17, 15) is 18.8 Å². The van der Waals surface area contributed by atoms with Crippen LogP contribution in [-0.4, -0.2) is 24.4 Å². The van der Waals surface area contributed by atoms with Gasteiger partial charge >= 0.3 is 5.97 Å². The van der Waals surface area contributed by atoms with Crippen molar-refractivity contribution in [3.63, 3.8) is 0 Å². The van der Waals surface area contributed by atoms with Crippen molar-refractivity contribution in [2.75, 3.05) is 11.9 Å². The molecule has 3 aromatic rings. The molecule has 2 N–H and O–H groups in total. The van der Waals surface area contributed by atoms with E-state index in [4.69, 9.17) is 4.74 Å². The number of hydrogen-bond donors (Lipinski definition) is 2. The minimum atomic E-state index is -0.615. The minimum absolute atomic E-state index is 0.0773. The van der Waals surface area contributed by atoms with Crippen LogP contribution < -0.4 is 10.6 Å². The van der Waals surface area contributed by atoms with E-state index >= 15 is 0 Å². The molecule has 6 nitrogen and oxygen atoms in total. The van der Waals surface area contributed by atoms with Gasteiger partial charge in [-0.2, -0.15) is 0 Å². The summed E-state index contributed by atoms with van der Waals surface area (Å²) in [5.41, 5.74) is 2.13. The molecule has 0 bridgehead atoms. The predicted molar refractivity (Wildman–Crippen MR) is 114 cm³/mol. The van der Waals surface area contributed by atoms with E-state index < -0.39 is 24.3 Å². The summed E-state index contributed by atoms with van der Waals surface area (Å²) in [7, 11) is 0. The van der Waals surface area contributed by atoms with E-state index in [1.165, 1.54) is 24.3 Å². The van der Waals surface area contributed by atoms with E-state index in [-0.39, 0.29) is 12.3 Å². The van der Waals surface area contributed by atoms with Gasteiger partial charge in [-0.1, -0.05) is 54.6 Å². The number of benzene rings is 3. The largest absolute Gasteiger partial charge is 0.455 e. The summed E-state index contributed by atoms with van der Waals surface area (Å²) in [6.07, 6.45) is -0.0773. The number of esters is 1. The number of halogens is 1. The molecule has 3 aromatic carbocycles. The topological polar surface area (TPSA) is 84.5 Å². The Balaban J connectivity index is 1.52. The summed E-state index contributed by atoms with van der Waals surface area (Å²) in [4.78, 5) is 36.6. The van der Waals surface area contributed by atoms with Gasteiger partial charge in [-0.25, -0.2) is 4.39 Å². The molecule has 0 spiro atoms. The van der Waals surface area contributed by atoms with Gasteiger partial charge in [0.15, 0.2) is 6.61 Å². The van der Waals surface area contributed by atoms with Gasteiger partial charge in [-0.3, -0.25) is 14.4 Å². The molecule has 31 heavy (non-hydrogen) atoms. The third-order valence-electron chi connectivity index (χ3n) is 4.37. The molecule has 0 radical (unpaired) electrons. The Morgan fingerprint density at radius 2 is 1.48 bits per heavy atom. The Hall–Kier alpha value is -4.00. The van der Waals surface area contributed by atoms with Crippen molar-refractivity contribution in [1.29, 1.82) is 0 Å². The SMILES string of the molecule is O=C(COC(=O)Cc1ccc(F)cc1)Nc1ccccc1C(=O)NCc1ccccc1. The molecule has 2 amide bonds. The van der Waals surface area contributed by atoms with Crippen molar-refractivity contribution in [3.8, 4) is 0 Å². The molecule has 7 heteroatoms. The van der Waals surface area contributed by atoms with Gasteiger partial charge in [0, 0.05) is 6.54 Å². The van der Waals surface area contributed by atoms with Crippen LogP contribution in [0.4, 0.5) is 10.1 Å². The van der Waals surface area contributed by atoms with E-state index in [1.54, 1.807) is 24.3 Å². The number of nitrogens with one attached hydrogen (secondary N) is 2. The number of ether oxygens (including phenoxy) is 1. The highest BCUT2D eigenvalue weighted by molar-refractivity contribution is 6.04. The van der Waals surface area contributed by atoms with Crippen LogP contribution in [0.5, 0.6) is 0 Å². The molecule has 3 rings (SSSR count). The number of rotatable bonds is 8. The van der Waals surface area contributed by atoms with Crippen LogP contribution in [0.2, 0.25) is 0 Å². The lowest BCUT2D eigenvalue weighted by Gasteiger charge is -2.12. The molecule has 0 saturated carbocycles. The van der Waals surface area contributed by atoms with Gasteiger partial charge in [0.1, 0.15) is 5.82 Å². The smallest absolute Gasteiger partial charge is 0.310 e. The maximum absolute atomic E-state index is 12.9. The van der Waals surface area contributed by atoms with Gasteiger partial charge in [0.25, 0.3) is 11.8 Å². The van der Waals surface area contributed by atoms with Crippen molar-refractivity contribution >= 4 is 23.5 Å². The van der Waals surface area contributed by atoms with E-state index in [0.717, 1.165) is 5.56 Å². The fourth-order valence-corrected chi connectivity index (χ4v) is 2.82. The standard InChI is InChI=1S/C24H21FN2O4/c25-19-12-10-17(11-13-19)14-23(29)31-16-22(28)27-21-9-5-4-8-20(21)24(30)26-15-18-6-2-1-3-7-18/h1-13H,14-16H2,(H,26,30)(H,27,28). The zero-order valence-electron chi connectivity index (χ0n) is 16.6. The first-order chi connectivity index (χ1) is 15.0. The predicted octanol–water partition coefficient (Wildman–Crippen LogP) is 3.48. The molecule has 0 aromatic heterocycles. The Morgan fingerprint density at radius 1 is 0.806 bits per heavy atom. The number of anilines is 1. The summed E-state index contributed by atoms with van der Waals surface area (Å²) in [6.45, 7) is -0.150. The molecule has 0 unspecified atom stereocenters. The van der Waals surface area contributed by atoms with E-state index in [1.807, 2.05) is 30.3 Å². The molecular weight excluding hydrogens is 399 g/mol. The average Bonchev–Trinajstić information content (AvgIpc) is 2.79. The number of carbonyl (C=O) groups is 3. The maximum Gasteiger partial charge on any atom is 0.310 e. The highest BCUT2D eigenvalue weighted by Crippen LogP contribution is 2.15. The van der Waals surface area contributed by atoms with Crippen LogP contribution in [0, 0.1) is 5.82 Å². The summed E-state index contributed by atoms with van der Waals surface area (Å²) in [6, 6.07) is 21.4. The van der Waals surface area contributed by atoms with Crippen molar-refractivity contribution < 1.29 is 23.5 Å². The fraction of sp³-hybridized carbons (Fsp3) is 0.125. The van der Waals surface area contributed by atoms with Crippen LogP contribution in [0.25, 0.3) is 0 Å². The van der Waals surface area contributed by atoms with E-state index in [0.29, 0.717) is 23.4 Å². The van der Waals surface area contributed by atoms with Gasteiger partial charge in [0.2, 0.25) is 0 Å². The maximum atomic E-state index is 12.9. The van der Waals surface area contributed by atoms with Crippen LogP contribution >= 0.6 is 0 Å². The van der Waals surface area contributed by atoms with Crippen molar-refractivity contribution in [2.45, 2.75) is 13.0 Å². The van der Waals surface area contributed by atoms with Crippen molar-refractivity contribution in [2.24, 2.45) is 0 Å². The fourth-order valence-electron chi connectivity index (χ4n) is 2.82. The lowest BCUT2D eigenvalue weighted by Crippen LogP contribution is -2.26. The van der Waals surface area contributed by atoms with Crippen molar-refractivity contribution in [1.82, 2.24) is 5.32 Å². The lowest BCUT2D eigenvalue weighted by molar-refractivity contribution is -0.146. The van der Waals surface area contributed by atoms with Crippen LogP contribution in [0.3, 0.4) is 0 Å². The summed E-state index contributed by atoms with van der Waals surface area (Å²) >= 11 is 0. The lowest BCUT2D eigenvalue weighted by atomic mass is 10.1. The molecule has 0 heterocycles. The average molecular weight is 420 g/mol. The first-order valence-electron chi connectivity index (χ1n) is 9.62. The highest BCUT2D eigenvalue weighted by Gasteiger charge is 2.14. The second kappa shape index (κ2) is 10.7. The van der Waals surface area contributed by atoms with Gasteiger partial charge < -0.3 is 15.4 Å². The van der Waals surface area contributed by atoms with Crippen LogP contribution in [-0.2, 0) is 27.3 Å². The molecule has 0 aliphatic carbocycles. The number of para-hydroxylation sites is 1. The first-order valence-corrected chi connectivity index (χ1v) is 9.62. The third-order valence-corrected chi connectivity index (χ3v) is 4.37. The molecule has 158 valence electrons. The second-order valence-electron chi connectivity index (χ2n) is 6.73. The quantitative estimate of drug-likeness (QED) is 0.547. The first kappa shape index (κ1) is 21.7. The molecule has 0 aliphatic rings. The molecule has 0 fully saturated rings.